The average molecular weight is 201 g/mol. The van der Waals surface area contributed by atoms with Crippen LogP contribution in [-0.2, 0) is 6.54 Å². The monoisotopic (exact) mass is 200 g/mol. The summed E-state index contributed by atoms with van der Waals surface area (Å²) in [4.78, 5) is 0. The summed E-state index contributed by atoms with van der Waals surface area (Å²) in [5.41, 5.74) is 7.28. The Balaban J connectivity index is 2.73. The van der Waals surface area contributed by atoms with Crippen molar-refractivity contribution in [1.82, 2.24) is 0 Å². The first-order valence-electron chi connectivity index (χ1n) is 4.11. The number of nitrogens with two attached hydrogens (primary N) is 1. The molecule has 0 aliphatic carbocycles. The number of anilines is 1. The molecule has 3 nitrogen and oxygen atoms in total. The first-order valence-corrected chi connectivity index (χ1v) is 4.49. The fourth-order valence-electron chi connectivity index (χ4n) is 1.02. The summed E-state index contributed by atoms with van der Waals surface area (Å²) in [6.45, 7) is 1.08. The van der Waals surface area contributed by atoms with Crippen molar-refractivity contribution in [3.63, 3.8) is 0 Å². The van der Waals surface area contributed by atoms with Crippen molar-refractivity contribution < 1.29 is 5.11 Å². The molecule has 0 aliphatic rings. The van der Waals surface area contributed by atoms with Gasteiger partial charge in [0, 0.05) is 13.1 Å². The van der Waals surface area contributed by atoms with E-state index < -0.39 is 0 Å². The van der Waals surface area contributed by atoms with E-state index in [2.05, 4.69) is 5.32 Å². The number of hydrogen-bond acceptors (Lipinski definition) is 3. The van der Waals surface area contributed by atoms with E-state index >= 15 is 0 Å². The topological polar surface area (TPSA) is 58.3 Å². The summed E-state index contributed by atoms with van der Waals surface area (Å²) in [6, 6.07) is 5.59. The summed E-state index contributed by atoms with van der Waals surface area (Å²) in [5, 5.41) is 12.2. The van der Waals surface area contributed by atoms with Crippen LogP contribution in [0, 0.1) is 0 Å². The molecule has 0 heterocycles. The molecule has 0 radical (unpaired) electrons. The Morgan fingerprint density at radius 3 is 2.77 bits per heavy atom. The quantitative estimate of drug-likeness (QED) is 0.685. The van der Waals surface area contributed by atoms with Gasteiger partial charge in [0.05, 0.1) is 17.3 Å². The smallest absolute Gasteiger partial charge is 0.0640 e. The molecule has 4 N–H and O–H groups in total. The normalized spacial score (nSPS) is 10.1. The van der Waals surface area contributed by atoms with Gasteiger partial charge >= 0.3 is 0 Å². The van der Waals surface area contributed by atoms with Crippen LogP contribution >= 0.6 is 11.6 Å². The second kappa shape index (κ2) is 5.07. The molecular formula is C9H13ClN2O. The Labute approximate surface area is 82.5 Å². The van der Waals surface area contributed by atoms with E-state index in [1.807, 2.05) is 18.2 Å². The van der Waals surface area contributed by atoms with Gasteiger partial charge in [0.1, 0.15) is 0 Å². The Morgan fingerprint density at radius 1 is 1.46 bits per heavy atom. The van der Waals surface area contributed by atoms with Gasteiger partial charge in [-0.1, -0.05) is 17.7 Å². The molecule has 0 aromatic heterocycles. The SMILES string of the molecule is NCc1ccc(NCCO)c(Cl)c1. The van der Waals surface area contributed by atoms with E-state index in [4.69, 9.17) is 22.4 Å². The highest BCUT2D eigenvalue weighted by Crippen LogP contribution is 2.22. The third-order valence-electron chi connectivity index (χ3n) is 1.70. The zero-order valence-electron chi connectivity index (χ0n) is 7.26. The minimum atomic E-state index is 0.0922. The van der Waals surface area contributed by atoms with Crippen molar-refractivity contribution in [1.29, 1.82) is 0 Å². The van der Waals surface area contributed by atoms with Gasteiger partial charge in [-0.2, -0.15) is 0 Å². The highest BCUT2D eigenvalue weighted by molar-refractivity contribution is 6.33. The van der Waals surface area contributed by atoms with Crippen molar-refractivity contribution in [2.75, 3.05) is 18.5 Å². The van der Waals surface area contributed by atoms with Crippen LogP contribution in [-0.4, -0.2) is 18.3 Å². The fraction of sp³-hybridized carbons (Fsp3) is 0.333. The number of hydrogen-bond donors (Lipinski definition) is 3. The van der Waals surface area contributed by atoms with E-state index in [1.54, 1.807) is 0 Å². The molecule has 13 heavy (non-hydrogen) atoms. The van der Waals surface area contributed by atoms with Crippen molar-refractivity contribution in [3.05, 3.63) is 28.8 Å². The molecule has 0 saturated carbocycles. The lowest BCUT2D eigenvalue weighted by Crippen LogP contribution is -2.06. The van der Waals surface area contributed by atoms with Crippen molar-refractivity contribution >= 4 is 17.3 Å². The van der Waals surface area contributed by atoms with Gasteiger partial charge in [0.25, 0.3) is 0 Å². The van der Waals surface area contributed by atoms with Gasteiger partial charge in [0.15, 0.2) is 0 Å². The van der Waals surface area contributed by atoms with E-state index in [-0.39, 0.29) is 6.61 Å². The van der Waals surface area contributed by atoms with Gasteiger partial charge in [-0.15, -0.1) is 0 Å². The highest BCUT2D eigenvalue weighted by Gasteiger charge is 1.99. The molecular weight excluding hydrogens is 188 g/mol. The van der Waals surface area contributed by atoms with Gasteiger partial charge in [0.2, 0.25) is 0 Å². The number of rotatable bonds is 4. The lowest BCUT2D eigenvalue weighted by atomic mass is 10.2. The number of aliphatic hydroxyl groups is 1. The van der Waals surface area contributed by atoms with Crippen LogP contribution in [0.5, 0.6) is 0 Å². The van der Waals surface area contributed by atoms with Crippen LogP contribution in [0.4, 0.5) is 5.69 Å². The molecule has 0 fully saturated rings. The molecule has 1 aromatic rings. The van der Waals surface area contributed by atoms with Crippen LogP contribution in [0.1, 0.15) is 5.56 Å². The third-order valence-corrected chi connectivity index (χ3v) is 2.01. The van der Waals surface area contributed by atoms with Crippen molar-refractivity contribution in [3.8, 4) is 0 Å². The van der Waals surface area contributed by atoms with E-state index in [1.165, 1.54) is 0 Å². The van der Waals surface area contributed by atoms with Crippen LogP contribution in [0.3, 0.4) is 0 Å². The summed E-state index contributed by atoms with van der Waals surface area (Å²) in [6.07, 6.45) is 0. The van der Waals surface area contributed by atoms with Gasteiger partial charge in [-0.3, -0.25) is 0 Å². The van der Waals surface area contributed by atoms with E-state index in [9.17, 15) is 0 Å². The molecule has 1 aromatic carbocycles. The predicted molar refractivity (Wildman–Crippen MR) is 54.9 cm³/mol. The second-order valence-corrected chi connectivity index (χ2v) is 3.08. The molecule has 72 valence electrons. The molecule has 0 aliphatic heterocycles. The van der Waals surface area contributed by atoms with Gasteiger partial charge < -0.3 is 16.2 Å². The van der Waals surface area contributed by atoms with Gasteiger partial charge in [-0.25, -0.2) is 0 Å². The molecule has 0 amide bonds. The minimum absolute atomic E-state index is 0.0922. The molecule has 4 heteroatoms. The standard InChI is InChI=1S/C9H13ClN2O/c10-8-5-7(6-11)1-2-9(8)12-3-4-13/h1-2,5,12-13H,3-4,6,11H2. The highest BCUT2D eigenvalue weighted by atomic mass is 35.5. The third kappa shape index (κ3) is 2.88. The Bertz CT molecular complexity index is 278. The Kier molecular flexibility index (Phi) is 4.02. The zero-order chi connectivity index (χ0) is 9.68. The first kappa shape index (κ1) is 10.3. The molecule has 0 saturated heterocycles. The number of benzene rings is 1. The second-order valence-electron chi connectivity index (χ2n) is 2.67. The minimum Gasteiger partial charge on any atom is -0.395 e. The maximum Gasteiger partial charge on any atom is 0.0640 e. The maximum atomic E-state index is 8.59. The number of aliphatic hydroxyl groups excluding tert-OH is 1. The van der Waals surface area contributed by atoms with Gasteiger partial charge in [-0.05, 0) is 17.7 Å². The summed E-state index contributed by atoms with van der Waals surface area (Å²) in [7, 11) is 0. The van der Waals surface area contributed by atoms with Crippen LogP contribution < -0.4 is 11.1 Å². The predicted octanol–water partition coefficient (Wildman–Crippen LogP) is 1.20. The molecule has 0 unspecified atom stereocenters. The summed E-state index contributed by atoms with van der Waals surface area (Å²) in [5.74, 6) is 0. The fourth-order valence-corrected chi connectivity index (χ4v) is 1.29. The van der Waals surface area contributed by atoms with Crippen LogP contribution in [0.25, 0.3) is 0 Å². The van der Waals surface area contributed by atoms with Crippen LogP contribution in [0.15, 0.2) is 18.2 Å². The zero-order valence-corrected chi connectivity index (χ0v) is 8.01. The molecule has 0 spiro atoms. The number of halogens is 1. The maximum absolute atomic E-state index is 8.59. The van der Waals surface area contributed by atoms with Crippen LogP contribution in [0.2, 0.25) is 5.02 Å². The van der Waals surface area contributed by atoms with Crippen molar-refractivity contribution in [2.45, 2.75) is 6.54 Å². The Morgan fingerprint density at radius 2 is 2.23 bits per heavy atom. The Hall–Kier alpha value is -0.770. The summed E-state index contributed by atoms with van der Waals surface area (Å²) < 4.78 is 0. The molecule has 0 atom stereocenters. The molecule has 0 bridgehead atoms. The first-order chi connectivity index (χ1) is 6.27. The van der Waals surface area contributed by atoms with E-state index in [0.717, 1.165) is 11.3 Å². The summed E-state index contributed by atoms with van der Waals surface area (Å²) >= 11 is 5.94. The average Bonchev–Trinajstić information content (AvgIpc) is 2.16. The van der Waals surface area contributed by atoms with Crippen molar-refractivity contribution in [2.24, 2.45) is 5.73 Å². The lowest BCUT2D eigenvalue weighted by Gasteiger charge is -2.07. The van der Waals surface area contributed by atoms with E-state index in [0.29, 0.717) is 18.1 Å². The molecule has 1 rings (SSSR count). The number of nitrogens with one attached hydrogen (secondary N) is 1. The largest absolute Gasteiger partial charge is 0.395 e. The lowest BCUT2D eigenvalue weighted by molar-refractivity contribution is 0.311.